The van der Waals surface area contributed by atoms with E-state index in [1.165, 1.54) is 205 Å². The molecule has 0 amide bonds. The van der Waals surface area contributed by atoms with Crippen LogP contribution in [0.1, 0.15) is 284 Å². The molecule has 62 heavy (non-hydrogen) atoms. The summed E-state index contributed by atoms with van der Waals surface area (Å²) in [5.74, 6) is -1.05. The van der Waals surface area contributed by atoms with Gasteiger partial charge in [-0.05, 0) is 57.8 Å². The number of esters is 3. The highest BCUT2D eigenvalue weighted by Crippen LogP contribution is 2.15. The smallest absolute Gasteiger partial charge is 0.306 e. The molecule has 0 radical (unpaired) electrons. The average molecular weight is 871 g/mol. The molecule has 0 aliphatic carbocycles. The Kier molecular flexibility index (Phi) is 49.3. The molecule has 6 nitrogen and oxygen atoms in total. The molecule has 0 aliphatic heterocycles. The molecule has 0 saturated carbocycles. The van der Waals surface area contributed by atoms with Crippen molar-refractivity contribution < 1.29 is 28.6 Å². The first-order valence-corrected chi connectivity index (χ1v) is 27.0. The normalized spacial score (nSPS) is 12.2. The first-order chi connectivity index (χ1) is 30.5. The Morgan fingerprint density at radius 1 is 0.306 bits per heavy atom. The van der Waals surface area contributed by atoms with Gasteiger partial charge in [0.05, 0.1) is 0 Å². The first kappa shape index (κ1) is 59.6. The van der Waals surface area contributed by atoms with Crippen LogP contribution in [-0.2, 0) is 28.6 Å². The zero-order chi connectivity index (χ0) is 45.1. The minimum atomic E-state index is -0.820. The fourth-order valence-electron chi connectivity index (χ4n) is 7.79. The van der Waals surface area contributed by atoms with E-state index in [9.17, 15) is 14.4 Å². The highest BCUT2D eigenvalue weighted by molar-refractivity contribution is 5.71. The minimum Gasteiger partial charge on any atom is -0.462 e. The van der Waals surface area contributed by atoms with Gasteiger partial charge in [-0.25, -0.2) is 0 Å². The van der Waals surface area contributed by atoms with E-state index < -0.39 is 6.10 Å². The van der Waals surface area contributed by atoms with Gasteiger partial charge in [-0.2, -0.15) is 0 Å². The Hall–Kier alpha value is -2.37. The number of carbonyl (C=O) groups is 3. The Labute approximate surface area is 385 Å². The average Bonchev–Trinajstić information content (AvgIpc) is 3.27. The Morgan fingerprint density at radius 2 is 0.532 bits per heavy atom. The van der Waals surface area contributed by atoms with Gasteiger partial charge >= 0.3 is 17.9 Å². The molecule has 1 unspecified atom stereocenters. The maximum Gasteiger partial charge on any atom is 0.306 e. The van der Waals surface area contributed by atoms with E-state index >= 15 is 0 Å². The van der Waals surface area contributed by atoms with Gasteiger partial charge in [-0.1, -0.05) is 243 Å². The zero-order valence-corrected chi connectivity index (χ0v) is 41.4. The van der Waals surface area contributed by atoms with Crippen molar-refractivity contribution in [2.45, 2.75) is 290 Å². The third-order valence-corrected chi connectivity index (χ3v) is 11.9. The molecule has 0 saturated heterocycles. The van der Waals surface area contributed by atoms with Crippen LogP contribution in [0.2, 0.25) is 0 Å². The maximum atomic E-state index is 12.8. The minimum absolute atomic E-state index is 0.117. The van der Waals surface area contributed by atoms with E-state index in [1.807, 2.05) is 0 Å². The molecule has 0 rings (SSSR count). The molecule has 0 aliphatic rings. The summed E-state index contributed by atoms with van der Waals surface area (Å²) in [5.41, 5.74) is 0. The lowest BCUT2D eigenvalue weighted by Gasteiger charge is -2.18. The number of hydrogen-bond donors (Lipinski definition) is 0. The molecule has 1 atom stereocenters. The second-order valence-electron chi connectivity index (χ2n) is 18.1. The predicted octanol–water partition coefficient (Wildman–Crippen LogP) is 17.7. The van der Waals surface area contributed by atoms with Crippen LogP contribution >= 0.6 is 0 Å². The standard InChI is InChI=1S/C56H102O6/c1-4-7-10-13-16-19-22-25-28-31-34-37-40-43-46-49-55(58)61-52-53(51-60-54(57)48-45-42-39-36-33-30-27-24-21-18-15-12-9-6-3)62-56(59)50-47-44-41-38-35-32-29-26-23-20-17-14-11-8-5-2/h39-44,53H,4-38,45-52H2,1-3H3/b42-39-,43-40-,44-41-. The number of allylic oxidation sites excluding steroid dienone is 6. The third-order valence-electron chi connectivity index (χ3n) is 11.9. The summed E-state index contributed by atoms with van der Waals surface area (Å²) < 4.78 is 16.7. The van der Waals surface area contributed by atoms with Crippen LogP contribution in [0.4, 0.5) is 0 Å². The van der Waals surface area contributed by atoms with Crippen molar-refractivity contribution in [1.29, 1.82) is 0 Å². The van der Waals surface area contributed by atoms with Gasteiger partial charge in [0, 0.05) is 19.3 Å². The topological polar surface area (TPSA) is 78.9 Å². The van der Waals surface area contributed by atoms with Gasteiger partial charge in [0.1, 0.15) is 13.2 Å². The summed E-state index contributed by atoms with van der Waals surface area (Å²) in [6, 6.07) is 0. The number of unbranched alkanes of at least 4 members (excludes halogenated alkanes) is 32. The van der Waals surface area contributed by atoms with Crippen LogP contribution in [0, 0.1) is 0 Å². The Morgan fingerprint density at radius 3 is 0.806 bits per heavy atom. The van der Waals surface area contributed by atoms with Crippen molar-refractivity contribution >= 4 is 17.9 Å². The molecule has 0 heterocycles. The molecular weight excluding hydrogens is 769 g/mol. The molecule has 0 N–H and O–H groups in total. The predicted molar refractivity (Wildman–Crippen MR) is 266 cm³/mol. The summed E-state index contributed by atoms with van der Waals surface area (Å²) in [6.07, 6.45) is 60.2. The number of carbonyl (C=O) groups excluding carboxylic acids is 3. The molecule has 0 spiro atoms. The summed E-state index contributed by atoms with van der Waals surface area (Å²) >= 11 is 0. The van der Waals surface area contributed by atoms with Crippen molar-refractivity contribution in [3.63, 3.8) is 0 Å². The van der Waals surface area contributed by atoms with Crippen LogP contribution in [0.5, 0.6) is 0 Å². The summed E-state index contributed by atoms with van der Waals surface area (Å²) in [5, 5.41) is 0. The molecule has 362 valence electrons. The number of ether oxygens (including phenoxy) is 3. The molecular formula is C56H102O6. The summed E-state index contributed by atoms with van der Waals surface area (Å²) in [6.45, 7) is 6.56. The lowest BCUT2D eigenvalue weighted by Crippen LogP contribution is -2.30. The van der Waals surface area contributed by atoms with E-state index in [1.54, 1.807) is 0 Å². The maximum absolute atomic E-state index is 12.8. The number of rotatable bonds is 49. The van der Waals surface area contributed by atoms with Crippen LogP contribution in [0.15, 0.2) is 36.5 Å². The van der Waals surface area contributed by atoms with E-state index in [4.69, 9.17) is 14.2 Å². The zero-order valence-electron chi connectivity index (χ0n) is 41.4. The Balaban J connectivity index is 4.45. The lowest BCUT2D eigenvalue weighted by atomic mass is 10.1. The summed E-state index contributed by atoms with van der Waals surface area (Å²) in [7, 11) is 0. The van der Waals surface area contributed by atoms with Crippen LogP contribution in [0.3, 0.4) is 0 Å². The second kappa shape index (κ2) is 51.3. The molecule has 0 aromatic heterocycles. The van der Waals surface area contributed by atoms with Crippen molar-refractivity contribution in [2.24, 2.45) is 0 Å². The van der Waals surface area contributed by atoms with Gasteiger partial charge in [0.15, 0.2) is 6.10 Å². The quantitative estimate of drug-likeness (QED) is 0.0262. The third kappa shape index (κ3) is 48.7. The van der Waals surface area contributed by atoms with Crippen LogP contribution in [0.25, 0.3) is 0 Å². The van der Waals surface area contributed by atoms with Crippen LogP contribution in [-0.4, -0.2) is 37.2 Å². The Bertz CT molecular complexity index is 1050. The monoisotopic (exact) mass is 871 g/mol. The van der Waals surface area contributed by atoms with E-state index in [-0.39, 0.29) is 50.4 Å². The number of hydrogen-bond acceptors (Lipinski definition) is 6. The fourth-order valence-corrected chi connectivity index (χ4v) is 7.79. The largest absolute Gasteiger partial charge is 0.462 e. The second-order valence-corrected chi connectivity index (χ2v) is 18.1. The highest BCUT2D eigenvalue weighted by atomic mass is 16.6. The van der Waals surface area contributed by atoms with Gasteiger partial charge in [0.2, 0.25) is 0 Å². The van der Waals surface area contributed by atoms with E-state index in [0.717, 1.165) is 19.3 Å². The SMILES string of the molecule is CCCCCCCCCCCC/C=C\CCC(=O)OCC(COC(=O)CC/C=C\CCCCCCCCCCCCC)OC(=O)CC/C=C\CCCCCCCCCCCCC. The fraction of sp³-hybridized carbons (Fsp3) is 0.839. The van der Waals surface area contributed by atoms with Gasteiger partial charge in [-0.15, -0.1) is 0 Å². The summed E-state index contributed by atoms with van der Waals surface area (Å²) in [4.78, 5) is 37.9. The highest BCUT2D eigenvalue weighted by Gasteiger charge is 2.19. The van der Waals surface area contributed by atoms with Crippen molar-refractivity contribution in [3.05, 3.63) is 36.5 Å². The van der Waals surface area contributed by atoms with Crippen molar-refractivity contribution in [2.75, 3.05) is 13.2 Å². The molecule has 0 fully saturated rings. The molecule has 6 heteroatoms. The van der Waals surface area contributed by atoms with E-state index in [2.05, 4.69) is 57.2 Å². The molecule has 0 aromatic rings. The van der Waals surface area contributed by atoms with Crippen LogP contribution < -0.4 is 0 Å². The van der Waals surface area contributed by atoms with Gasteiger partial charge in [0.25, 0.3) is 0 Å². The molecule has 0 aromatic carbocycles. The van der Waals surface area contributed by atoms with Gasteiger partial charge in [-0.3, -0.25) is 14.4 Å². The van der Waals surface area contributed by atoms with Crippen molar-refractivity contribution in [3.8, 4) is 0 Å². The van der Waals surface area contributed by atoms with Crippen molar-refractivity contribution in [1.82, 2.24) is 0 Å². The van der Waals surface area contributed by atoms with Gasteiger partial charge < -0.3 is 14.2 Å². The first-order valence-electron chi connectivity index (χ1n) is 27.0. The lowest BCUT2D eigenvalue weighted by molar-refractivity contribution is -0.166. The van der Waals surface area contributed by atoms with E-state index in [0.29, 0.717) is 19.3 Å². The molecule has 0 bridgehead atoms.